The van der Waals surface area contributed by atoms with Crippen molar-refractivity contribution in [2.24, 2.45) is 0 Å². The molecule has 0 aliphatic rings. The molecule has 0 saturated heterocycles. The Labute approximate surface area is 234 Å². The number of hydrogen-bond donors (Lipinski definition) is 0. The summed E-state index contributed by atoms with van der Waals surface area (Å²) in [7, 11) is 0. The Hall–Kier alpha value is -5.13. The average Bonchev–Trinajstić information content (AvgIpc) is 3.63. The number of furan rings is 1. The van der Waals surface area contributed by atoms with E-state index in [1.54, 1.807) is 11.3 Å². The van der Waals surface area contributed by atoms with Crippen molar-refractivity contribution < 1.29 is 4.42 Å². The average molecular weight is 532 g/mol. The van der Waals surface area contributed by atoms with Gasteiger partial charge in [0.25, 0.3) is 0 Å². The van der Waals surface area contributed by atoms with Crippen LogP contribution in [0.4, 0.5) is 0 Å². The van der Waals surface area contributed by atoms with Crippen molar-refractivity contribution in [3.8, 4) is 45.5 Å². The predicted octanol–water partition coefficient (Wildman–Crippen LogP) is 9.65. The molecule has 0 N–H and O–H groups in total. The Kier molecular flexibility index (Phi) is 5.28. The van der Waals surface area contributed by atoms with Crippen LogP contribution in [0.5, 0.6) is 0 Å². The van der Waals surface area contributed by atoms with Gasteiger partial charge in [0.1, 0.15) is 5.58 Å². The van der Waals surface area contributed by atoms with E-state index in [1.807, 2.05) is 36.4 Å². The van der Waals surface area contributed by atoms with Gasteiger partial charge in [-0.25, -0.2) is 15.0 Å². The molecule has 5 heteroatoms. The summed E-state index contributed by atoms with van der Waals surface area (Å²) in [5, 5.41) is 3.53. The zero-order chi connectivity index (χ0) is 26.5. The predicted molar refractivity (Wildman–Crippen MR) is 164 cm³/mol. The molecule has 8 rings (SSSR count). The minimum absolute atomic E-state index is 0.514. The van der Waals surface area contributed by atoms with Gasteiger partial charge in [0.2, 0.25) is 0 Å². The fraction of sp³-hybridized carbons (Fsp3) is 0. The van der Waals surface area contributed by atoms with Crippen molar-refractivity contribution >= 4 is 42.5 Å². The van der Waals surface area contributed by atoms with Gasteiger partial charge >= 0.3 is 0 Å². The molecule has 40 heavy (non-hydrogen) atoms. The van der Waals surface area contributed by atoms with E-state index in [2.05, 4.69) is 91.0 Å². The highest BCUT2D eigenvalue weighted by Crippen LogP contribution is 2.36. The minimum Gasteiger partial charge on any atom is -0.453 e. The molecule has 0 aliphatic heterocycles. The molecule has 0 saturated carbocycles. The molecule has 8 aromatic rings. The van der Waals surface area contributed by atoms with Gasteiger partial charge in [0, 0.05) is 36.7 Å². The molecule has 0 aliphatic carbocycles. The van der Waals surface area contributed by atoms with Crippen LogP contribution in [0.2, 0.25) is 0 Å². The maximum atomic E-state index is 6.17. The van der Waals surface area contributed by atoms with Crippen LogP contribution >= 0.6 is 11.3 Å². The fourth-order valence-electron chi connectivity index (χ4n) is 5.14. The first-order chi connectivity index (χ1) is 19.8. The first-order valence-corrected chi connectivity index (χ1v) is 13.9. The summed E-state index contributed by atoms with van der Waals surface area (Å²) in [6.45, 7) is 0. The van der Waals surface area contributed by atoms with Crippen LogP contribution < -0.4 is 0 Å². The third kappa shape index (κ3) is 3.96. The van der Waals surface area contributed by atoms with E-state index in [1.165, 1.54) is 25.7 Å². The Morgan fingerprint density at radius 2 is 1.07 bits per heavy atom. The summed E-state index contributed by atoms with van der Waals surface area (Å²) in [5.41, 5.74) is 4.99. The molecule has 0 atom stereocenters. The number of aromatic nitrogens is 3. The van der Waals surface area contributed by atoms with E-state index in [0.717, 1.165) is 27.7 Å². The van der Waals surface area contributed by atoms with Gasteiger partial charge in [-0.2, -0.15) is 0 Å². The normalized spacial score (nSPS) is 11.5. The van der Waals surface area contributed by atoms with Crippen molar-refractivity contribution in [1.82, 2.24) is 15.0 Å². The van der Waals surface area contributed by atoms with Gasteiger partial charge in [-0.15, -0.1) is 11.3 Å². The molecule has 0 unspecified atom stereocenters. The first kappa shape index (κ1) is 22.8. The van der Waals surface area contributed by atoms with Gasteiger partial charge in [-0.3, -0.25) is 0 Å². The number of para-hydroxylation sites is 1. The number of benzene rings is 5. The molecule has 4 nitrogen and oxygen atoms in total. The molecule has 0 spiro atoms. The molecule has 0 bridgehead atoms. The lowest BCUT2D eigenvalue weighted by Gasteiger charge is -2.08. The number of thiophene rings is 1. The highest BCUT2D eigenvalue weighted by molar-refractivity contribution is 7.25. The number of nitrogens with zero attached hydrogens (tertiary/aromatic N) is 3. The van der Waals surface area contributed by atoms with Crippen LogP contribution in [-0.2, 0) is 0 Å². The summed E-state index contributed by atoms with van der Waals surface area (Å²) >= 11 is 1.78. The molecule has 3 heterocycles. The summed E-state index contributed by atoms with van der Waals surface area (Å²) in [4.78, 5) is 14.7. The van der Waals surface area contributed by atoms with Crippen LogP contribution in [-0.4, -0.2) is 15.0 Å². The van der Waals surface area contributed by atoms with Gasteiger partial charge in [-0.1, -0.05) is 103 Å². The highest BCUT2D eigenvalue weighted by Gasteiger charge is 2.16. The van der Waals surface area contributed by atoms with E-state index in [-0.39, 0.29) is 0 Å². The van der Waals surface area contributed by atoms with Gasteiger partial charge < -0.3 is 4.42 Å². The van der Waals surface area contributed by atoms with Gasteiger partial charge in [0.15, 0.2) is 23.2 Å². The van der Waals surface area contributed by atoms with Crippen molar-refractivity contribution in [2.45, 2.75) is 0 Å². The fourth-order valence-corrected chi connectivity index (χ4v) is 6.29. The lowest BCUT2D eigenvalue weighted by atomic mass is 10.0. The second-order valence-corrected chi connectivity index (χ2v) is 10.8. The minimum atomic E-state index is 0.514. The maximum absolute atomic E-state index is 6.17. The Balaban J connectivity index is 1.28. The zero-order valence-electron chi connectivity index (χ0n) is 21.3. The van der Waals surface area contributed by atoms with E-state index in [9.17, 15) is 0 Å². The van der Waals surface area contributed by atoms with Crippen molar-refractivity contribution in [1.29, 1.82) is 0 Å². The molecule has 5 aromatic carbocycles. The quantitative estimate of drug-likeness (QED) is 0.227. The monoisotopic (exact) mass is 531 g/mol. The third-order valence-corrected chi connectivity index (χ3v) is 8.30. The standard InChI is InChI=1S/C35H21N3OS/c1-2-8-22(9-3-1)23-14-16-24(17-15-23)33-36-34(38-35(37-33)30-20-25-10-4-6-12-29(25)39-30)26-18-19-28-27-11-5-7-13-31(27)40-32(28)21-26/h1-21H. The number of fused-ring (bicyclic) bond motifs is 4. The van der Waals surface area contributed by atoms with Crippen molar-refractivity contribution in [3.63, 3.8) is 0 Å². The Bertz CT molecular complexity index is 2130. The van der Waals surface area contributed by atoms with Gasteiger partial charge in [-0.05, 0) is 35.4 Å². The van der Waals surface area contributed by atoms with Crippen LogP contribution in [0.1, 0.15) is 0 Å². The van der Waals surface area contributed by atoms with Crippen molar-refractivity contribution in [3.05, 3.63) is 127 Å². The summed E-state index contributed by atoms with van der Waals surface area (Å²) in [5.74, 6) is 2.36. The Morgan fingerprint density at radius 1 is 0.450 bits per heavy atom. The highest BCUT2D eigenvalue weighted by atomic mass is 32.1. The third-order valence-electron chi connectivity index (χ3n) is 7.17. The van der Waals surface area contributed by atoms with E-state index in [4.69, 9.17) is 19.4 Å². The van der Waals surface area contributed by atoms with Crippen molar-refractivity contribution in [2.75, 3.05) is 0 Å². The SMILES string of the molecule is c1ccc(-c2ccc(-c3nc(-c4ccc5c(c4)sc4ccccc45)nc(-c4cc5ccccc5o4)n3)cc2)cc1. The van der Waals surface area contributed by atoms with Crippen LogP contribution in [0.3, 0.4) is 0 Å². The first-order valence-electron chi connectivity index (χ1n) is 13.1. The summed E-state index contributed by atoms with van der Waals surface area (Å²) in [6, 6.07) is 43.6. The molecular formula is C35H21N3OS. The second-order valence-electron chi connectivity index (χ2n) is 9.71. The topological polar surface area (TPSA) is 51.8 Å². The van der Waals surface area contributed by atoms with Crippen LogP contribution in [0, 0.1) is 0 Å². The van der Waals surface area contributed by atoms with Crippen LogP contribution in [0.25, 0.3) is 76.6 Å². The summed E-state index contributed by atoms with van der Waals surface area (Å²) < 4.78 is 8.65. The molecule has 0 fully saturated rings. The lowest BCUT2D eigenvalue weighted by Crippen LogP contribution is -1.99. The van der Waals surface area contributed by atoms with E-state index < -0.39 is 0 Å². The second kappa shape index (κ2) is 9.26. The molecule has 3 aromatic heterocycles. The molecular weight excluding hydrogens is 510 g/mol. The molecule has 188 valence electrons. The van der Waals surface area contributed by atoms with E-state index in [0.29, 0.717) is 23.2 Å². The smallest absolute Gasteiger partial charge is 0.199 e. The maximum Gasteiger partial charge on any atom is 0.199 e. The summed E-state index contributed by atoms with van der Waals surface area (Å²) in [6.07, 6.45) is 0. The molecule has 0 amide bonds. The zero-order valence-corrected chi connectivity index (χ0v) is 22.1. The number of hydrogen-bond acceptors (Lipinski definition) is 5. The lowest BCUT2D eigenvalue weighted by molar-refractivity contribution is 0.625. The Morgan fingerprint density at radius 3 is 1.93 bits per heavy atom. The van der Waals surface area contributed by atoms with E-state index >= 15 is 0 Å². The largest absolute Gasteiger partial charge is 0.453 e. The molecule has 0 radical (unpaired) electrons. The van der Waals surface area contributed by atoms with Crippen LogP contribution in [0.15, 0.2) is 132 Å². The number of rotatable bonds is 4. The van der Waals surface area contributed by atoms with Gasteiger partial charge in [0.05, 0.1) is 0 Å².